The van der Waals surface area contributed by atoms with E-state index in [1.165, 1.54) is 0 Å². The molecule has 27 heavy (non-hydrogen) atoms. The second-order valence-corrected chi connectivity index (χ2v) is 7.78. The van der Waals surface area contributed by atoms with Crippen LogP contribution in [0.1, 0.15) is 39.2 Å². The molecule has 142 valence electrons. The standard InChI is InChI=1S/C22H26N2O3/c1-22(2,3)18-7-4-5-8-19(18)27-15-20(25)23-16-10-12-17(13-11-16)24-14-6-9-21(24)26/h4-5,7-8,10-13H,6,9,14-15H2,1-3H3,(H,23,25). The molecule has 2 aromatic carbocycles. The summed E-state index contributed by atoms with van der Waals surface area (Å²) in [5.41, 5.74) is 2.56. The molecule has 1 N–H and O–H groups in total. The van der Waals surface area contributed by atoms with Gasteiger partial charge in [0.25, 0.3) is 5.91 Å². The molecule has 0 aliphatic carbocycles. The lowest BCUT2D eigenvalue weighted by atomic mass is 9.86. The third-order valence-corrected chi connectivity index (χ3v) is 4.59. The zero-order valence-corrected chi connectivity index (χ0v) is 16.1. The number of benzene rings is 2. The van der Waals surface area contributed by atoms with E-state index in [0.29, 0.717) is 12.1 Å². The Labute approximate surface area is 160 Å². The maximum atomic E-state index is 12.2. The molecule has 1 fully saturated rings. The first-order valence-electron chi connectivity index (χ1n) is 9.27. The van der Waals surface area contributed by atoms with Gasteiger partial charge in [-0.1, -0.05) is 39.0 Å². The maximum absolute atomic E-state index is 12.2. The minimum absolute atomic E-state index is 0.0561. The monoisotopic (exact) mass is 366 g/mol. The van der Waals surface area contributed by atoms with E-state index in [0.717, 1.165) is 30.0 Å². The summed E-state index contributed by atoms with van der Waals surface area (Å²) in [5.74, 6) is 0.657. The number of nitrogens with zero attached hydrogens (tertiary/aromatic N) is 1. The van der Waals surface area contributed by atoms with E-state index in [-0.39, 0.29) is 23.8 Å². The van der Waals surface area contributed by atoms with Crippen LogP contribution in [-0.4, -0.2) is 25.0 Å². The van der Waals surface area contributed by atoms with E-state index in [2.05, 4.69) is 26.1 Å². The van der Waals surface area contributed by atoms with Gasteiger partial charge >= 0.3 is 0 Å². The highest BCUT2D eigenvalue weighted by molar-refractivity contribution is 5.96. The van der Waals surface area contributed by atoms with Crippen LogP contribution in [0.15, 0.2) is 48.5 Å². The zero-order valence-electron chi connectivity index (χ0n) is 16.1. The zero-order chi connectivity index (χ0) is 19.4. The molecule has 3 rings (SSSR count). The fraction of sp³-hybridized carbons (Fsp3) is 0.364. The van der Waals surface area contributed by atoms with Gasteiger partial charge in [-0.3, -0.25) is 9.59 Å². The van der Waals surface area contributed by atoms with Crippen LogP contribution in [0.3, 0.4) is 0 Å². The Morgan fingerprint density at radius 3 is 2.44 bits per heavy atom. The minimum Gasteiger partial charge on any atom is -0.483 e. The molecule has 2 amide bonds. The van der Waals surface area contributed by atoms with Gasteiger partial charge in [0.15, 0.2) is 6.61 Å². The van der Waals surface area contributed by atoms with Gasteiger partial charge in [-0.2, -0.15) is 0 Å². The van der Waals surface area contributed by atoms with Crippen molar-refractivity contribution in [2.75, 3.05) is 23.4 Å². The summed E-state index contributed by atoms with van der Waals surface area (Å²) in [6.45, 7) is 7.04. The van der Waals surface area contributed by atoms with Crippen LogP contribution in [-0.2, 0) is 15.0 Å². The lowest BCUT2D eigenvalue weighted by Gasteiger charge is -2.22. The average molecular weight is 366 g/mol. The van der Waals surface area contributed by atoms with Crippen molar-refractivity contribution in [3.05, 3.63) is 54.1 Å². The SMILES string of the molecule is CC(C)(C)c1ccccc1OCC(=O)Nc1ccc(N2CCCC2=O)cc1. The van der Waals surface area contributed by atoms with Gasteiger partial charge in [-0.05, 0) is 47.7 Å². The molecule has 1 heterocycles. The van der Waals surface area contributed by atoms with Crippen LogP contribution in [0.5, 0.6) is 5.75 Å². The van der Waals surface area contributed by atoms with Crippen LogP contribution >= 0.6 is 0 Å². The highest BCUT2D eigenvalue weighted by Gasteiger charge is 2.21. The molecule has 5 nitrogen and oxygen atoms in total. The summed E-state index contributed by atoms with van der Waals surface area (Å²) in [6, 6.07) is 15.1. The third-order valence-electron chi connectivity index (χ3n) is 4.59. The molecule has 0 bridgehead atoms. The van der Waals surface area contributed by atoms with Crippen LogP contribution in [0, 0.1) is 0 Å². The van der Waals surface area contributed by atoms with E-state index in [4.69, 9.17) is 4.74 Å². The first-order valence-corrected chi connectivity index (χ1v) is 9.27. The lowest BCUT2D eigenvalue weighted by molar-refractivity contribution is -0.118. The summed E-state index contributed by atoms with van der Waals surface area (Å²) >= 11 is 0. The maximum Gasteiger partial charge on any atom is 0.262 e. The third kappa shape index (κ3) is 4.67. The Balaban J connectivity index is 1.58. The van der Waals surface area contributed by atoms with Crippen molar-refractivity contribution in [2.24, 2.45) is 0 Å². The van der Waals surface area contributed by atoms with Gasteiger partial charge in [0, 0.05) is 24.3 Å². The molecule has 0 radical (unpaired) electrons. The predicted octanol–water partition coefficient (Wildman–Crippen LogP) is 4.13. The van der Waals surface area contributed by atoms with E-state index < -0.39 is 0 Å². The number of hydrogen-bond donors (Lipinski definition) is 1. The highest BCUT2D eigenvalue weighted by Crippen LogP contribution is 2.31. The van der Waals surface area contributed by atoms with Gasteiger partial charge in [0.05, 0.1) is 0 Å². The molecule has 1 aliphatic heterocycles. The number of amides is 2. The second kappa shape index (κ2) is 7.82. The van der Waals surface area contributed by atoms with Crippen molar-refractivity contribution in [1.29, 1.82) is 0 Å². The fourth-order valence-corrected chi connectivity index (χ4v) is 3.20. The van der Waals surface area contributed by atoms with Gasteiger partial charge in [-0.25, -0.2) is 0 Å². The van der Waals surface area contributed by atoms with Crippen molar-refractivity contribution in [3.8, 4) is 5.75 Å². The fourth-order valence-electron chi connectivity index (χ4n) is 3.20. The first kappa shape index (κ1) is 19.0. The molecule has 0 aromatic heterocycles. The largest absolute Gasteiger partial charge is 0.483 e. The minimum atomic E-state index is -0.219. The Morgan fingerprint density at radius 2 is 1.81 bits per heavy atom. The quantitative estimate of drug-likeness (QED) is 0.866. The lowest BCUT2D eigenvalue weighted by Crippen LogP contribution is -2.24. The topological polar surface area (TPSA) is 58.6 Å². The normalized spacial score (nSPS) is 14.3. The number of rotatable bonds is 5. The van der Waals surface area contributed by atoms with Gasteiger partial charge < -0.3 is 15.0 Å². The Kier molecular flexibility index (Phi) is 5.49. The van der Waals surface area contributed by atoms with Crippen molar-refractivity contribution in [1.82, 2.24) is 0 Å². The summed E-state index contributed by atoms with van der Waals surface area (Å²) in [7, 11) is 0. The molecule has 1 saturated heterocycles. The van der Waals surface area contributed by atoms with Crippen molar-refractivity contribution < 1.29 is 14.3 Å². The van der Waals surface area contributed by atoms with Gasteiger partial charge in [0.1, 0.15) is 5.75 Å². The van der Waals surface area contributed by atoms with Crippen LogP contribution in [0.2, 0.25) is 0 Å². The van der Waals surface area contributed by atoms with Crippen molar-refractivity contribution >= 4 is 23.2 Å². The molecular formula is C22H26N2O3. The molecule has 5 heteroatoms. The Bertz CT molecular complexity index is 822. The molecule has 0 unspecified atom stereocenters. The smallest absolute Gasteiger partial charge is 0.262 e. The summed E-state index contributed by atoms with van der Waals surface area (Å²) < 4.78 is 5.75. The van der Waals surface area contributed by atoms with E-state index in [1.54, 1.807) is 4.90 Å². The average Bonchev–Trinajstić information content (AvgIpc) is 3.06. The number of nitrogens with one attached hydrogen (secondary N) is 1. The summed E-state index contributed by atoms with van der Waals surface area (Å²) in [6.07, 6.45) is 1.50. The second-order valence-electron chi connectivity index (χ2n) is 7.78. The highest BCUT2D eigenvalue weighted by atomic mass is 16.5. The summed E-state index contributed by atoms with van der Waals surface area (Å²) in [5, 5.41) is 2.83. The van der Waals surface area contributed by atoms with Gasteiger partial charge in [0.2, 0.25) is 5.91 Å². The van der Waals surface area contributed by atoms with E-state index >= 15 is 0 Å². The molecular weight excluding hydrogens is 340 g/mol. The molecule has 2 aromatic rings. The van der Waals surface area contributed by atoms with Crippen LogP contribution in [0.25, 0.3) is 0 Å². The van der Waals surface area contributed by atoms with Crippen LogP contribution in [0.4, 0.5) is 11.4 Å². The number of ether oxygens (including phenoxy) is 1. The number of carbonyl (C=O) groups is 2. The molecule has 1 aliphatic rings. The Hall–Kier alpha value is -2.82. The number of carbonyl (C=O) groups excluding carboxylic acids is 2. The van der Waals surface area contributed by atoms with E-state index in [9.17, 15) is 9.59 Å². The first-order chi connectivity index (χ1) is 12.8. The van der Waals surface area contributed by atoms with Crippen molar-refractivity contribution in [3.63, 3.8) is 0 Å². The van der Waals surface area contributed by atoms with Gasteiger partial charge in [-0.15, -0.1) is 0 Å². The molecule has 0 atom stereocenters. The van der Waals surface area contributed by atoms with Crippen molar-refractivity contribution in [2.45, 2.75) is 39.0 Å². The van der Waals surface area contributed by atoms with Crippen LogP contribution < -0.4 is 15.0 Å². The molecule has 0 saturated carbocycles. The summed E-state index contributed by atoms with van der Waals surface area (Å²) in [4.78, 5) is 25.8. The predicted molar refractivity (Wildman–Crippen MR) is 107 cm³/mol. The molecule has 0 spiro atoms. The number of anilines is 2. The Morgan fingerprint density at radius 1 is 1.11 bits per heavy atom. The number of para-hydroxylation sites is 1. The van der Waals surface area contributed by atoms with E-state index in [1.807, 2.05) is 48.5 Å². The number of hydrogen-bond acceptors (Lipinski definition) is 3.